The summed E-state index contributed by atoms with van der Waals surface area (Å²) < 4.78 is 11.2. The van der Waals surface area contributed by atoms with E-state index in [4.69, 9.17) is 21.1 Å². The van der Waals surface area contributed by atoms with Crippen molar-refractivity contribution >= 4 is 23.3 Å². The van der Waals surface area contributed by atoms with Gasteiger partial charge < -0.3 is 19.7 Å². The number of methoxy groups -OCH3 is 1. The molecular formula is C18H21ClN2O3. The number of nitrogens with zero attached hydrogens (tertiary/aromatic N) is 1. The average molecular weight is 349 g/mol. The maximum Gasteiger partial charge on any atom is 0.321 e. The summed E-state index contributed by atoms with van der Waals surface area (Å²) in [5, 5.41) is 3.16. The van der Waals surface area contributed by atoms with Crippen molar-refractivity contribution in [1.82, 2.24) is 4.90 Å². The number of hydrogen-bond donors (Lipinski definition) is 1. The van der Waals surface area contributed by atoms with Gasteiger partial charge in [-0.3, -0.25) is 0 Å². The highest BCUT2D eigenvalue weighted by molar-refractivity contribution is 6.32. The first kappa shape index (κ1) is 18.1. The normalized spacial score (nSPS) is 11.7. The third-order valence-corrected chi connectivity index (χ3v) is 3.73. The number of amides is 2. The lowest BCUT2D eigenvalue weighted by Gasteiger charge is -2.18. The van der Waals surface area contributed by atoms with E-state index in [1.165, 1.54) is 4.90 Å². The molecule has 128 valence electrons. The number of halogens is 1. The number of carbonyl (C=O) groups is 1. The quantitative estimate of drug-likeness (QED) is 0.851. The Balaban J connectivity index is 2.01. The molecule has 0 aromatic heterocycles. The molecule has 0 spiro atoms. The second kappa shape index (κ2) is 8.57. The van der Waals surface area contributed by atoms with E-state index in [2.05, 4.69) is 5.32 Å². The van der Waals surface area contributed by atoms with Gasteiger partial charge in [0.05, 0.1) is 5.02 Å². The van der Waals surface area contributed by atoms with Gasteiger partial charge in [0.25, 0.3) is 0 Å². The van der Waals surface area contributed by atoms with Gasteiger partial charge in [0.15, 0.2) is 0 Å². The summed E-state index contributed by atoms with van der Waals surface area (Å²) in [6.07, 6.45) is -0.185. The molecule has 0 heterocycles. The predicted molar refractivity (Wildman–Crippen MR) is 95.8 cm³/mol. The van der Waals surface area contributed by atoms with Gasteiger partial charge in [-0.15, -0.1) is 0 Å². The van der Waals surface area contributed by atoms with E-state index < -0.39 is 0 Å². The number of rotatable bonds is 6. The maximum absolute atomic E-state index is 11.6. The largest absolute Gasteiger partial charge is 0.489 e. The van der Waals surface area contributed by atoms with Crippen molar-refractivity contribution in [2.45, 2.75) is 6.10 Å². The highest BCUT2D eigenvalue weighted by Crippen LogP contribution is 2.29. The molecule has 0 radical (unpaired) electrons. The second-order valence-corrected chi connectivity index (χ2v) is 5.82. The van der Waals surface area contributed by atoms with Crippen molar-refractivity contribution in [3.8, 4) is 5.75 Å². The Labute approximate surface area is 147 Å². The van der Waals surface area contributed by atoms with Gasteiger partial charge >= 0.3 is 6.03 Å². The zero-order chi connectivity index (χ0) is 17.5. The minimum Gasteiger partial charge on any atom is -0.489 e. The third-order valence-electron chi connectivity index (χ3n) is 3.44. The molecule has 24 heavy (non-hydrogen) atoms. The van der Waals surface area contributed by atoms with Crippen molar-refractivity contribution in [3.05, 3.63) is 59.1 Å². The van der Waals surface area contributed by atoms with E-state index in [1.807, 2.05) is 30.3 Å². The molecule has 0 aliphatic carbocycles. The van der Waals surface area contributed by atoms with Crippen LogP contribution in [0.15, 0.2) is 48.5 Å². The number of anilines is 1. The fraction of sp³-hybridized carbons (Fsp3) is 0.278. The van der Waals surface area contributed by atoms with Gasteiger partial charge in [-0.05, 0) is 23.8 Å². The monoisotopic (exact) mass is 348 g/mol. The Morgan fingerprint density at radius 1 is 1.21 bits per heavy atom. The van der Waals surface area contributed by atoms with Crippen molar-refractivity contribution in [1.29, 1.82) is 0 Å². The summed E-state index contributed by atoms with van der Waals surface area (Å²) in [4.78, 5) is 13.1. The van der Waals surface area contributed by atoms with Gasteiger partial charge in [-0.2, -0.15) is 0 Å². The van der Waals surface area contributed by atoms with Gasteiger partial charge in [-0.25, -0.2) is 4.79 Å². The van der Waals surface area contributed by atoms with Gasteiger partial charge in [0.2, 0.25) is 0 Å². The van der Waals surface area contributed by atoms with Crippen LogP contribution in [0.4, 0.5) is 10.5 Å². The van der Waals surface area contributed by atoms with Crippen LogP contribution in [0.1, 0.15) is 11.7 Å². The smallest absolute Gasteiger partial charge is 0.321 e. The molecule has 1 N–H and O–H groups in total. The number of benzene rings is 2. The van der Waals surface area contributed by atoms with E-state index >= 15 is 0 Å². The lowest BCUT2D eigenvalue weighted by Crippen LogP contribution is -2.27. The summed E-state index contributed by atoms with van der Waals surface area (Å²) >= 11 is 6.23. The van der Waals surface area contributed by atoms with Crippen LogP contribution in [0.3, 0.4) is 0 Å². The molecule has 2 aromatic rings. The third kappa shape index (κ3) is 4.88. The minimum absolute atomic E-state index is 0.185. The standard InChI is InChI=1S/C18H21ClN2O3/c1-21(2)18(22)20-14-9-10-16(15(19)11-14)24-12-17(23-3)13-7-5-4-6-8-13/h4-11,17H,12H2,1-3H3,(H,20,22). The van der Waals surface area contributed by atoms with Crippen LogP contribution in [0, 0.1) is 0 Å². The van der Waals surface area contributed by atoms with Crippen LogP contribution in [0.25, 0.3) is 0 Å². The minimum atomic E-state index is -0.219. The van der Waals surface area contributed by atoms with Crippen LogP contribution in [-0.4, -0.2) is 38.7 Å². The molecule has 2 rings (SSSR count). The van der Waals surface area contributed by atoms with Crippen molar-refractivity contribution in [2.75, 3.05) is 33.1 Å². The first-order valence-corrected chi connectivity index (χ1v) is 7.87. The van der Waals surface area contributed by atoms with Crippen LogP contribution in [0.2, 0.25) is 5.02 Å². The molecule has 0 saturated heterocycles. The highest BCUT2D eigenvalue weighted by atomic mass is 35.5. The van der Waals surface area contributed by atoms with E-state index in [0.29, 0.717) is 23.1 Å². The van der Waals surface area contributed by atoms with E-state index in [9.17, 15) is 4.79 Å². The molecule has 2 aromatic carbocycles. The Morgan fingerprint density at radius 2 is 1.92 bits per heavy atom. The molecule has 2 amide bonds. The van der Waals surface area contributed by atoms with Gasteiger partial charge in [0, 0.05) is 26.9 Å². The molecule has 0 saturated carbocycles. The maximum atomic E-state index is 11.6. The molecular weight excluding hydrogens is 328 g/mol. The zero-order valence-electron chi connectivity index (χ0n) is 14.0. The molecule has 1 unspecified atom stereocenters. The van der Waals surface area contributed by atoms with E-state index in [0.717, 1.165) is 5.56 Å². The number of ether oxygens (including phenoxy) is 2. The topological polar surface area (TPSA) is 50.8 Å². The zero-order valence-corrected chi connectivity index (χ0v) is 14.7. The Kier molecular flexibility index (Phi) is 6.46. The van der Waals surface area contributed by atoms with Crippen LogP contribution >= 0.6 is 11.6 Å². The molecule has 6 heteroatoms. The highest BCUT2D eigenvalue weighted by Gasteiger charge is 2.13. The molecule has 0 bridgehead atoms. The summed E-state index contributed by atoms with van der Waals surface area (Å²) in [7, 11) is 4.98. The number of nitrogens with one attached hydrogen (secondary N) is 1. The fourth-order valence-electron chi connectivity index (χ4n) is 2.06. The Bertz CT molecular complexity index is 677. The van der Waals surface area contributed by atoms with Gasteiger partial charge in [0.1, 0.15) is 18.5 Å². The molecule has 0 fully saturated rings. The Hall–Kier alpha value is -2.24. The first-order chi connectivity index (χ1) is 11.5. The van der Waals surface area contributed by atoms with Crippen LogP contribution in [-0.2, 0) is 4.74 Å². The lowest BCUT2D eigenvalue weighted by atomic mass is 10.1. The van der Waals surface area contributed by atoms with Crippen molar-refractivity contribution in [2.24, 2.45) is 0 Å². The fourth-order valence-corrected chi connectivity index (χ4v) is 2.30. The van der Waals surface area contributed by atoms with Crippen LogP contribution in [0.5, 0.6) is 5.75 Å². The van der Waals surface area contributed by atoms with Gasteiger partial charge in [-0.1, -0.05) is 41.9 Å². The Morgan fingerprint density at radius 3 is 2.50 bits per heavy atom. The molecule has 0 aliphatic heterocycles. The van der Waals surface area contributed by atoms with Crippen molar-refractivity contribution < 1.29 is 14.3 Å². The molecule has 5 nitrogen and oxygen atoms in total. The second-order valence-electron chi connectivity index (χ2n) is 5.42. The number of urea groups is 1. The van der Waals surface area contributed by atoms with Crippen molar-refractivity contribution in [3.63, 3.8) is 0 Å². The summed E-state index contributed by atoms with van der Waals surface area (Å²) in [5.41, 5.74) is 1.64. The SMILES string of the molecule is COC(COc1ccc(NC(=O)N(C)C)cc1Cl)c1ccccc1. The summed E-state index contributed by atoms with van der Waals surface area (Å²) in [5.74, 6) is 0.539. The summed E-state index contributed by atoms with van der Waals surface area (Å²) in [6.45, 7) is 0.337. The number of carbonyl (C=O) groups excluding carboxylic acids is 1. The van der Waals surface area contributed by atoms with E-state index in [-0.39, 0.29) is 12.1 Å². The van der Waals surface area contributed by atoms with E-state index in [1.54, 1.807) is 39.4 Å². The molecule has 1 atom stereocenters. The molecule has 0 aliphatic rings. The lowest BCUT2D eigenvalue weighted by molar-refractivity contribution is 0.0576. The van der Waals surface area contributed by atoms with Crippen LogP contribution < -0.4 is 10.1 Å². The summed E-state index contributed by atoms with van der Waals surface area (Å²) in [6, 6.07) is 14.7. The first-order valence-electron chi connectivity index (χ1n) is 7.49. The predicted octanol–water partition coefficient (Wildman–Crippen LogP) is 4.20. The number of hydrogen-bond acceptors (Lipinski definition) is 3. The average Bonchev–Trinajstić information content (AvgIpc) is 2.58.